The molecule has 0 spiro atoms. The predicted molar refractivity (Wildman–Crippen MR) is 130 cm³/mol. The number of hydrogen-bond acceptors (Lipinski definition) is 3. The number of para-hydroxylation sites is 1. The first kappa shape index (κ1) is 19.7. The fourth-order valence-electron chi connectivity index (χ4n) is 3.56. The van der Waals surface area contributed by atoms with Crippen molar-refractivity contribution in [2.75, 3.05) is 0 Å². The lowest BCUT2D eigenvalue weighted by molar-refractivity contribution is -0.115. The Balaban J connectivity index is 1.47. The maximum absolute atomic E-state index is 12.6. The van der Waals surface area contributed by atoms with Crippen LogP contribution in [-0.2, 0) is 11.3 Å². The molecule has 1 saturated heterocycles. The third-order valence-corrected chi connectivity index (χ3v) is 6.17. The van der Waals surface area contributed by atoms with Gasteiger partial charge in [0.05, 0.1) is 10.6 Å². The maximum Gasteiger partial charge on any atom is 0.264 e. The zero-order chi connectivity index (χ0) is 21.2. The highest BCUT2D eigenvalue weighted by Crippen LogP contribution is 2.31. The van der Waals surface area contributed by atoms with Crippen LogP contribution in [0.1, 0.15) is 11.1 Å². The second-order valence-electron chi connectivity index (χ2n) is 7.17. The van der Waals surface area contributed by atoms with Gasteiger partial charge < -0.3 is 9.88 Å². The Morgan fingerprint density at radius 3 is 2.52 bits per heavy atom. The molecule has 4 nitrogen and oxygen atoms in total. The van der Waals surface area contributed by atoms with E-state index in [-0.39, 0.29) is 5.91 Å². The SMILES string of the molecule is O=C1NC(=Nc2ccc(Cl)cc2)S/C1=C\c1cn(Cc2ccccc2)c2ccccc12. The zero-order valence-corrected chi connectivity index (χ0v) is 18.0. The van der Waals surface area contributed by atoms with Gasteiger partial charge in [0.25, 0.3) is 5.91 Å². The summed E-state index contributed by atoms with van der Waals surface area (Å²) in [5.41, 5.74) is 4.12. The van der Waals surface area contributed by atoms with Crippen LogP contribution in [0.5, 0.6) is 0 Å². The normalized spacial score (nSPS) is 16.4. The lowest BCUT2D eigenvalue weighted by atomic mass is 10.1. The van der Waals surface area contributed by atoms with Crippen LogP contribution >= 0.6 is 23.4 Å². The van der Waals surface area contributed by atoms with Gasteiger partial charge >= 0.3 is 0 Å². The molecule has 1 N–H and O–H groups in total. The van der Waals surface area contributed by atoms with E-state index in [1.165, 1.54) is 17.3 Å². The number of aromatic nitrogens is 1. The van der Waals surface area contributed by atoms with Crippen LogP contribution in [0.25, 0.3) is 17.0 Å². The van der Waals surface area contributed by atoms with Crippen molar-refractivity contribution < 1.29 is 4.79 Å². The molecule has 1 fully saturated rings. The second-order valence-corrected chi connectivity index (χ2v) is 8.64. The first-order valence-corrected chi connectivity index (χ1v) is 11.0. The van der Waals surface area contributed by atoms with Crippen molar-refractivity contribution in [3.8, 4) is 0 Å². The summed E-state index contributed by atoms with van der Waals surface area (Å²) in [6, 6.07) is 25.8. The van der Waals surface area contributed by atoms with E-state index >= 15 is 0 Å². The molecule has 1 amide bonds. The maximum atomic E-state index is 12.6. The number of hydrogen-bond donors (Lipinski definition) is 1. The van der Waals surface area contributed by atoms with E-state index < -0.39 is 0 Å². The lowest BCUT2D eigenvalue weighted by Gasteiger charge is -2.05. The van der Waals surface area contributed by atoms with Crippen LogP contribution in [0, 0.1) is 0 Å². The fraction of sp³-hybridized carbons (Fsp3) is 0.0400. The minimum atomic E-state index is -0.141. The van der Waals surface area contributed by atoms with E-state index in [1.54, 1.807) is 12.1 Å². The average Bonchev–Trinajstić information content (AvgIpc) is 3.31. The van der Waals surface area contributed by atoms with E-state index in [4.69, 9.17) is 11.6 Å². The zero-order valence-electron chi connectivity index (χ0n) is 16.5. The third kappa shape index (κ3) is 4.29. The van der Waals surface area contributed by atoms with Crippen molar-refractivity contribution in [1.29, 1.82) is 0 Å². The molecule has 4 aromatic rings. The largest absolute Gasteiger partial charge is 0.342 e. The Morgan fingerprint density at radius 1 is 0.968 bits per heavy atom. The molecule has 0 saturated carbocycles. The van der Waals surface area contributed by atoms with E-state index in [0.717, 1.165) is 28.7 Å². The standard InChI is InChI=1S/C25H18ClN3OS/c26-19-10-12-20(13-11-19)27-25-28-24(30)23(31-25)14-18-16-29(15-17-6-2-1-3-7-17)22-9-5-4-8-21(18)22/h1-14,16H,15H2,(H,27,28,30)/b23-14-. The Bertz CT molecular complexity index is 1320. The lowest BCUT2D eigenvalue weighted by Crippen LogP contribution is -2.19. The molecule has 152 valence electrons. The first-order valence-electron chi connectivity index (χ1n) is 9.83. The Morgan fingerprint density at radius 2 is 1.71 bits per heavy atom. The fourth-order valence-corrected chi connectivity index (χ4v) is 4.51. The number of nitrogens with zero attached hydrogens (tertiary/aromatic N) is 2. The minimum Gasteiger partial charge on any atom is -0.342 e. The summed E-state index contributed by atoms with van der Waals surface area (Å²) >= 11 is 7.27. The topological polar surface area (TPSA) is 46.4 Å². The molecule has 0 radical (unpaired) electrons. The van der Waals surface area contributed by atoms with Gasteiger partial charge in [-0.25, -0.2) is 4.99 Å². The number of carbonyl (C=O) groups excluding carboxylic acids is 1. The van der Waals surface area contributed by atoms with Gasteiger partial charge in [-0.2, -0.15) is 0 Å². The number of benzene rings is 3. The van der Waals surface area contributed by atoms with Gasteiger partial charge in [0.1, 0.15) is 0 Å². The van der Waals surface area contributed by atoms with Gasteiger partial charge in [-0.15, -0.1) is 0 Å². The highest BCUT2D eigenvalue weighted by atomic mass is 35.5. The van der Waals surface area contributed by atoms with Crippen molar-refractivity contribution >= 4 is 57.1 Å². The highest BCUT2D eigenvalue weighted by Gasteiger charge is 2.24. The molecule has 1 aliphatic rings. The monoisotopic (exact) mass is 443 g/mol. The second kappa shape index (κ2) is 8.46. The number of amides is 1. The van der Waals surface area contributed by atoms with Gasteiger partial charge in [-0.05, 0) is 53.7 Å². The average molecular weight is 444 g/mol. The molecule has 1 aliphatic heterocycles. The van der Waals surface area contributed by atoms with Gasteiger partial charge in [0.2, 0.25) is 0 Å². The van der Waals surface area contributed by atoms with Gasteiger partial charge in [-0.3, -0.25) is 4.79 Å². The number of carbonyl (C=O) groups is 1. The van der Waals surface area contributed by atoms with Crippen molar-refractivity contribution in [3.63, 3.8) is 0 Å². The predicted octanol–water partition coefficient (Wildman–Crippen LogP) is 6.23. The van der Waals surface area contributed by atoms with Crippen LogP contribution < -0.4 is 5.32 Å². The summed E-state index contributed by atoms with van der Waals surface area (Å²) in [5.74, 6) is -0.141. The molecule has 1 aromatic heterocycles. The van der Waals surface area contributed by atoms with E-state index in [0.29, 0.717) is 15.1 Å². The molecule has 0 bridgehead atoms. The summed E-state index contributed by atoms with van der Waals surface area (Å²) < 4.78 is 2.22. The summed E-state index contributed by atoms with van der Waals surface area (Å²) in [6.07, 6.45) is 4.04. The van der Waals surface area contributed by atoms with Crippen LogP contribution in [0.15, 0.2) is 95.0 Å². The molecule has 0 unspecified atom stereocenters. The number of rotatable bonds is 4. The summed E-state index contributed by atoms with van der Waals surface area (Å²) in [7, 11) is 0. The molecule has 0 aliphatic carbocycles. The summed E-state index contributed by atoms with van der Waals surface area (Å²) in [6.45, 7) is 0.771. The number of halogens is 1. The highest BCUT2D eigenvalue weighted by molar-refractivity contribution is 8.18. The Labute approximate surface area is 189 Å². The number of nitrogens with one attached hydrogen (secondary N) is 1. The van der Waals surface area contributed by atoms with Crippen molar-refractivity contribution in [1.82, 2.24) is 9.88 Å². The number of amidine groups is 1. The van der Waals surface area contributed by atoms with Crippen LogP contribution in [0.4, 0.5) is 5.69 Å². The first-order chi connectivity index (χ1) is 15.2. The summed E-state index contributed by atoms with van der Waals surface area (Å²) in [4.78, 5) is 17.7. The molecule has 31 heavy (non-hydrogen) atoms. The van der Waals surface area contributed by atoms with Crippen molar-refractivity contribution in [2.24, 2.45) is 4.99 Å². The third-order valence-electron chi connectivity index (χ3n) is 5.01. The number of aliphatic imine (C=N–C) groups is 1. The quantitative estimate of drug-likeness (QED) is 0.380. The molecule has 0 atom stereocenters. The molecular weight excluding hydrogens is 426 g/mol. The Kier molecular flexibility index (Phi) is 5.37. The molecule has 3 aromatic carbocycles. The molecule has 2 heterocycles. The summed E-state index contributed by atoms with van der Waals surface area (Å²) in [5, 5.41) is 5.18. The molecule has 5 rings (SSSR count). The van der Waals surface area contributed by atoms with Gasteiger partial charge in [0, 0.05) is 34.2 Å². The van der Waals surface area contributed by atoms with E-state index in [1.807, 2.05) is 48.5 Å². The number of fused-ring (bicyclic) bond motifs is 1. The van der Waals surface area contributed by atoms with Gasteiger partial charge in [-0.1, -0.05) is 60.1 Å². The van der Waals surface area contributed by atoms with Crippen molar-refractivity contribution in [2.45, 2.75) is 6.54 Å². The Hall–Kier alpha value is -3.28. The molecular formula is C25H18ClN3OS. The smallest absolute Gasteiger partial charge is 0.264 e. The number of thioether (sulfide) groups is 1. The van der Waals surface area contributed by atoms with Crippen LogP contribution in [0.2, 0.25) is 5.02 Å². The molecule has 6 heteroatoms. The van der Waals surface area contributed by atoms with Crippen LogP contribution in [0.3, 0.4) is 0 Å². The van der Waals surface area contributed by atoms with Crippen molar-refractivity contribution in [3.05, 3.63) is 106 Å². The van der Waals surface area contributed by atoms with E-state index in [2.05, 4.69) is 45.3 Å². The van der Waals surface area contributed by atoms with Gasteiger partial charge in [0.15, 0.2) is 5.17 Å². The van der Waals surface area contributed by atoms with Crippen LogP contribution in [-0.4, -0.2) is 15.6 Å². The minimum absolute atomic E-state index is 0.141. The van der Waals surface area contributed by atoms with E-state index in [9.17, 15) is 4.79 Å².